The van der Waals surface area contributed by atoms with Crippen molar-refractivity contribution in [1.29, 1.82) is 0 Å². The van der Waals surface area contributed by atoms with Crippen molar-refractivity contribution in [1.82, 2.24) is 10.6 Å². The summed E-state index contributed by atoms with van der Waals surface area (Å²) in [5, 5.41) is 25.5. The first kappa shape index (κ1) is 28.3. The first-order valence-corrected chi connectivity index (χ1v) is 13.2. The predicted octanol–water partition coefficient (Wildman–Crippen LogP) is 1.81. The summed E-state index contributed by atoms with van der Waals surface area (Å²) in [6.45, 7) is 3.60. The predicted molar refractivity (Wildman–Crippen MR) is 131 cm³/mol. The Labute approximate surface area is 206 Å². The van der Waals surface area contributed by atoms with Gasteiger partial charge in [0.15, 0.2) is 15.9 Å². The summed E-state index contributed by atoms with van der Waals surface area (Å²) in [5.41, 5.74) is 1.37. The summed E-state index contributed by atoms with van der Waals surface area (Å²) in [5.74, 6) is -0.536. The van der Waals surface area contributed by atoms with E-state index in [2.05, 4.69) is 10.6 Å². The van der Waals surface area contributed by atoms with Crippen molar-refractivity contribution in [2.45, 2.75) is 56.4 Å². The minimum atomic E-state index is -3.38. The van der Waals surface area contributed by atoms with E-state index >= 15 is 0 Å². The Hall–Kier alpha value is -2.95. The minimum absolute atomic E-state index is 0.00567. The lowest BCUT2D eigenvalue weighted by Gasteiger charge is -2.26. The second-order valence-corrected chi connectivity index (χ2v) is 10.9. The zero-order valence-electron chi connectivity index (χ0n) is 20.2. The van der Waals surface area contributed by atoms with Crippen molar-refractivity contribution in [3.8, 4) is 0 Å². The van der Waals surface area contributed by atoms with Crippen molar-refractivity contribution in [2.24, 2.45) is 5.92 Å². The molecule has 9 nitrogen and oxygen atoms in total. The Morgan fingerprint density at radius 3 is 2.14 bits per heavy atom. The first-order valence-electron chi connectivity index (χ1n) is 11.3. The molecule has 10 heteroatoms. The second kappa shape index (κ2) is 13.2. The standard InChI is InChI=1S/C25H34N2O7S/c1-17(2)13-20(15-28)26-24(30)23(29)22(14-18-9-11-21(12-10-18)35(3,32)33)27-25(31)34-16-19-7-5-4-6-8-19/h4-12,17,20,22-23,28-29H,13-16H2,1-3H3,(H,26,30)(H,27,31)/t20-,22+,23-/m0/s1. The van der Waals surface area contributed by atoms with Crippen molar-refractivity contribution >= 4 is 21.8 Å². The number of aliphatic hydroxyl groups is 2. The van der Waals surface area contributed by atoms with Crippen LogP contribution >= 0.6 is 0 Å². The SMILES string of the molecule is CC(C)C[C@@H](CO)NC(=O)[C@@H](O)[C@@H](Cc1ccc(S(C)(=O)=O)cc1)NC(=O)OCc1ccccc1. The van der Waals surface area contributed by atoms with Gasteiger partial charge in [-0.05, 0) is 42.0 Å². The van der Waals surface area contributed by atoms with E-state index in [0.717, 1.165) is 11.8 Å². The lowest BCUT2D eigenvalue weighted by atomic mass is 9.99. The smallest absolute Gasteiger partial charge is 0.407 e. The van der Waals surface area contributed by atoms with Gasteiger partial charge in [-0.15, -0.1) is 0 Å². The molecule has 192 valence electrons. The highest BCUT2D eigenvalue weighted by molar-refractivity contribution is 7.90. The summed E-state index contributed by atoms with van der Waals surface area (Å²) >= 11 is 0. The molecule has 0 aliphatic rings. The molecular formula is C25H34N2O7S. The molecule has 0 aliphatic heterocycles. The summed E-state index contributed by atoms with van der Waals surface area (Å²) in [6, 6.07) is 13.4. The summed E-state index contributed by atoms with van der Waals surface area (Å²) in [6.07, 6.45) is -0.821. The molecule has 0 bridgehead atoms. The van der Waals surface area contributed by atoms with E-state index in [-0.39, 0.29) is 30.4 Å². The van der Waals surface area contributed by atoms with Crippen LogP contribution in [0.15, 0.2) is 59.5 Å². The van der Waals surface area contributed by atoms with Gasteiger partial charge in [-0.1, -0.05) is 56.3 Å². The molecule has 0 fully saturated rings. The number of nitrogens with one attached hydrogen (secondary N) is 2. The first-order chi connectivity index (χ1) is 16.5. The molecular weight excluding hydrogens is 472 g/mol. The molecule has 4 N–H and O–H groups in total. The fourth-order valence-corrected chi connectivity index (χ4v) is 4.13. The van der Waals surface area contributed by atoms with E-state index in [1.54, 1.807) is 24.3 Å². The summed E-state index contributed by atoms with van der Waals surface area (Å²) in [4.78, 5) is 25.3. The van der Waals surface area contributed by atoms with E-state index in [4.69, 9.17) is 4.74 Å². The van der Waals surface area contributed by atoms with Crippen LogP contribution in [0.5, 0.6) is 0 Å². The third kappa shape index (κ3) is 9.67. The van der Waals surface area contributed by atoms with Crippen LogP contribution in [-0.4, -0.2) is 61.7 Å². The summed E-state index contributed by atoms with van der Waals surface area (Å²) < 4.78 is 28.7. The fraction of sp³-hybridized carbons (Fsp3) is 0.440. The molecule has 0 spiro atoms. The van der Waals surface area contributed by atoms with Gasteiger partial charge in [-0.25, -0.2) is 13.2 Å². The van der Waals surface area contributed by atoms with Crippen LogP contribution in [0.25, 0.3) is 0 Å². The molecule has 2 aromatic carbocycles. The number of ether oxygens (including phenoxy) is 1. The molecule has 0 unspecified atom stereocenters. The van der Waals surface area contributed by atoms with Crippen LogP contribution in [0, 0.1) is 5.92 Å². The molecule has 0 aromatic heterocycles. The van der Waals surface area contributed by atoms with Crippen LogP contribution < -0.4 is 10.6 Å². The maximum absolute atomic E-state index is 12.7. The molecule has 0 aliphatic carbocycles. The van der Waals surface area contributed by atoms with Gasteiger partial charge in [0, 0.05) is 6.26 Å². The lowest BCUT2D eigenvalue weighted by molar-refractivity contribution is -0.131. The highest BCUT2D eigenvalue weighted by Crippen LogP contribution is 2.14. The number of amides is 2. The van der Waals surface area contributed by atoms with Gasteiger partial charge in [0.1, 0.15) is 6.61 Å². The lowest BCUT2D eigenvalue weighted by Crippen LogP contribution is -2.54. The largest absolute Gasteiger partial charge is 0.445 e. The van der Waals surface area contributed by atoms with E-state index in [1.807, 2.05) is 32.0 Å². The normalized spacial score (nSPS) is 14.1. The van der Waals surface area contributed by atoms with Gasteiger partial charge in [0.05, 0.1) is 23.6 Å². The van der Waals surface area contributed by atoms with Gasteiger partial charge in [-0.3, -0.25) is 4.79 Å². The quantitative estimate of drug-likeness (QED) is 0.344. The number of rotatable bonds is 12. The zero-order chi connectivity index (χ0) is 26.0. The molecule has 0 heterocycles. The number of sulfone groups is 1. The van der Waals surface area contributed by atoms with Crippen LogP contribution in [0.1, 0.15) is 31.4 Å². The van der Waals surface area contributed by atoms with Gasteiger partial charge < -0.3 is 25.6 Å². The molecule has 0 radical (unpaired) electrons. The Morgan fingerprint density at radius 2 is 1.60 bits per heavy atom. The zero-order valence-corrected chi connectivity index (χ0v) is 21.0. The number of benzene rings is 2. The maximum Gasteiger partial charge on any atom is 0.407 e. The number of carbonyl (C=O) groups excluding carboxylic acids is 2. The van der Waals surface area contributed by atoms with E-state index in [0.29, 0.717) is 12.0 Å². The number of alkyl carbamates (subject to hydrolysis) is 1. The average Bonchev–Trinajstić information content (AvgIpc) is 2.81. The highest BCUT2D eigenvalue weighted by Gasteiger charge is 2.30. The van der Waals surface area contributed by atoms with Gasteiger partial charge in [-0.2, -0.15) is 0 Å². The second-order valence-electron chi connectivity index (χ2n) is 8.90. The Morgan fingerprint density at radius 1 is 0.971 bits per heavy atom. The molecule has 3 atom stereocenters. The summed E-state index contributed by atoms with van der Waals surface area (Å²) in [7, 11) is -3.38. The third-order valence-electron chi connectivity index (χ3n) is 5.30. The van der Waals surface area contributed by atoms with Crippen molar-refractivity contribution in [3.63, 3.8) is 0 Å². The van der Waals surface area contributed by atoms with Gasteiger partial charge in [0.2, 0.25) is 0 Å². The fourth-order valence-electron chi connectivity index (χ4n) is 3.50. The van der Waals surface area contributed by atoms with Gasteiger partial charge in [0.25, 0.3) is 5.91 Å². The van der Waals surface area contributed by atoms with Crippen LogP contribution in [0.4, 0.5) is 4.79 Å². The molecule has 2 rings (SSSR count). The van der Waals surface area contributed by atoms with Crippen LogP contribution in [-0.2, 0) is 32.4 Å². The highest BCUT2D eigenvalue weighted by atomic mass is 32.2. The molecule has 0 saturated heterocycles. The third-order valence-corrected chi connectivity index (χ3v) is 6.42. The van der Waals surface area contributed by atoms with Crippen LogP contribution in [0.2, 0.25) is 0 Å². The van der Waals surface area contributed by atoms with Crippen LogP contribution in [0.3, 0.4) is 0 Å². The topological polar surface area (TPSA) is 142 Å². The van der Waals surface area contributed by atoms with E-state index in [9.17, 15) is 28.2 Å². The Kier molecular flexibility index (Phi) is 10.7. The number of hydrogen-bond acceptors (Lipinski definition) is 7. The Bertz CT molecular complexity index is 1060. The van der Waals surface area contributed by atoms with Gasteiger partial charge >= 0.3 is 6.09 Å². The van der Waals surface area contributed by atoms with Crippen molar-refractivity contribution < 1.29 is 33.0 Å². The number of aliphatic hydroxyl groups excluding tert-OH is 2. The average molecular weight is 507 g/mol. The molecule has 35 heavy (non-hydrogen) atoms. The molecule has 2 aromatic rings. The van der Waals surface area contributed by atoms with Crippen molar-refractivity contribution in [2.75, 3.05) is 12.9 Å². The number of carbonyl (C=O) groups is 2. The molecule has 0 saturated carbocycles. The van der Waals surface area contributed by atoms with E-state index in [1.165, 1.54) is 12.1 Å². The monoisotopic (exact) mass is 506 g/mol. The van der Waals surface area contributed by atoms with Crippen molar-refractivity contribution in [3.05, 3.63) is 65.7 Å². The molecule has 2 amide bonds. The Balaban J connectivity index is 2.15. The maximum atomic E-state index is 12.7. The van der Waals surface area contributed by atoms with E-state index < -0.39 is 40.0 Å². The minimum Gasteiger partial charge on any atom is -0.445 e. The number of hydrogen-bond donors (Lipinski definition) is 4.